The van der Waals surface area contributed by atoms with E-state index in [4.69, 9.17) is 4.74 Å². The lowest BCUT2D eigenvalue weighted by atomic mass is 10.1. The number of sulfone groups is 1. The van der Waals surface area contributed by atoms with Gasteiger partial charge in [0, 0.05) is 0 Å². The van der Waals surface area contributed by atoms with E-state index in [0.29, 0.717) is 11.5 Å². The topological polar surface area (TPSA) is 63.6 Å². The molecule has 0 bridgehead atoms. The zero-order valence-corrected chi connectivity index (χ0v) is 17.1. The first-order valence-electron chi connectivity index (χ1n) is 9.41. The second-order valence-corrected chi connectivity index (χ2v) is 8.91. The Kier molecular flexibility index (Phi) is 5.29. The van der Waals surface area contributed by atoms with Gasteiger partial charge in [0.05, 0.1) is 9.79 Å². The summed E-state index contributed by atoms with van der Waals surface area (Å²) in [6, 6.07) is 27.7. The van der Waals surface area contributed by atoms with Gasteiger partial charge in [0.15, 0.2) is 0 Å². The smallest absolute Gasteiger partial charge is 0.206 e. The highest BCUT2D eigenvalue weighted by molar-refractivity contribution is 7.91. The molecule has 4 aromatic rings. The molecule has 0 aromatic heterocycles. The molecule has 0 saturated heterocycles. The Morgan fingerprint density at radius 2 is 1.00 bits per heavy atom. The molecule has 4 rings (SSSR count). The fourth-order valence-electron chi connectivity index (χ4n) is 3.05. The fraction of sp³-hybridized carbons (Fsp3) is 0.0400. The number of hydrogen-bond donors (Lipinski definition) is 1. The lowest BCUT2D eigenvalue weighted by Crippen LogP contribution is -2.01. The van der Waals surface area contributed by atoms with E-state index >= 15 is 0 Å². The van der Waals surface area contributed by atoms with Gasteiger partial charge < -0.3 is 9.84 Å². The number of phenolic OH excluding ortho intramolecular Hbond substituents is 1. The zero-order valence-electron chi connectivity index (χ0n) is 16.3. The van der Waals surface area contributed by atoms with Gasteiger partial charge in [-0.1, -0.05) is 42.0 Å². The molecule has 0 aliphatic heterocycles. The van der Waals surface area contributed by atoms with Crippen molar-refractivity contribution in [3.63, 3.8) is 0 Å². The predicted octanol–water partition coefficient (Wildman–Crippen LogP) is 5.99. The van der Waals surface area contributed by atoms with E-state index < -0.39 is 9.84 Å². The summed E-state index contributed by atoms with van der Waals surface area (Å²) in [4.78, 5) is 0.493. The third-order valence-corrected chi connectivity index (χ3v) is 6.54. The monoisotopic (exact) mass is 416 g/mol. The van der Waals surface area contributed by atoms with E-state index in [0.717, 1.165) is 16.7 Å². The summed E-state index contributed by atoms with van der Waals surface area (Å²) < 4.78 is 31.3. The van der Waals surface area contributed by atoms with E-state index in [9.17, 15) is 13.5 Å². The zero-order chi connectivity index (χ0) is 21.1. The van der Waals surface area contributed by atoms with Crippen LogP contribution in [0.15, 0.2) is 107 Å². The van der Waals surface area contributed by atoms with Crippen LogP contribution in [-0.4, -0.2) is 13.5 Å². The van der Waals surface area contributed by atoms with Crippen LogP contribution >= 0.6 is 0 Å². The summed E-state index contributed by atoms with van der Waals surface area (Å²) in [5.74, 6) is 1.42. The van der Waals surface area contributed by atoms with E-state index in [1.54, 1.807) is 60.7 Å². The molecular weight excluding hydrogens is 396 g/mol. The fourth-order valence-corrected chi connectivity index (χ4v) is 4.31. The highest BCUT2D eigenvalue weighted by Gasteiger charge is 2.17. The van der Waals surface area contributed by atoms with Gasteiger partial charge in [-0.15, -0.1) is 0 Å². The molecule has 0 spiro atoms. The highest BCUT2D eigenvalue weighted by Crippen LogP contribution is 2.28. The first kappa shape index (κ1) is 19.7. The summed E-state index contributed by atoms with van der Waals surface area (Å²) in [5.41, 5.74) is 3.00. The van der Waals surface area contributed by atoms with Crippen molar-refractivity contribution in [3.8, 4) is 28.4 Å². The number of hydrogen-bond acceptors (Lipinski definition) is 4. The second-order valence-electron chi connectivity index (χ2n) is 6.96. The van der Waals surface area contributed by atoms with Gasteiger partial charge in [-0.05, 0) is 78.7 Å². The second kappa shape index (κ2) is 8.05. The Bertz CT molecular complexity index is 1240. The first-order valence-corrected chi connectivity index (χ1v) is 10.9. The molecule has 5 heteroatoms. The van der Waals surface area contributed by atoms with Crippen molar-refractivity contribution in [1.29, 1.82) is 0 Å². The van der Waals surface area contributed by atoms with E-state index in [2.05, 4.69) is 0 Å². The van der Waals surface area contributed by atoms with Gasteiger partial charge in [-0.3, -0.25) is 0 Å². The number of aromatic hydroxyl groups is 1. The Morgan fingerprint density at radius 3 is 1.50 bits per heavy atom. The summed E-state index contributed by atoms with van der Waals surface area (Å²) >= 11 is 0. The minimum atomic E-state index is -3.56. The Morgan fingerprint density at radius 1 is 0.600 bits per heavy atom. The lowest BCUT2D eigenvalue weighted by molar-refractivity contribution is 0.475. The van der Waals surface area contributed by atoms with Gasteiger partial charge in [-0.25, -0.2) is 8.42 Å². The largest absolute Gasteiger partial charge is 0.508 e. The first-order chi connectivity index (χ1) is 14.4. The van der Waals surface area contributed by atoms with Crippen molar-refractivity contribution in [1.82, 2.24) is 0 Å². The normalized spacial score (nSPS) is 11.2. The van der Waals surface area contributed by atoms with E-state index in [-0.39, 0.29) is 15.5 Å². The van der Waals surface area contributed by atoms with Crippen LogP contribution in [0.1, 0.15) is 5.56 Å². The van der Waals surface area contributed by atoms with Crippen molar-refractivity contribution in [3.05, 3.63) is 103 Å². The molecule has 1 N–H and O–H groups in total. The molecule has 0 heterocycles. The van der Waals surface area contributed by atoms with Crippen LogP contribution in [0.5, 0.6) is 17.2 Å². The Hall–Kier alpha value is -3.57. The van der Waals surface area contributed by atoms with Crippen LogP contribution in [0.25, 0.3) is 11.1 Å². The van der Waals surface area contributed by atoms with Gasteiger partial charge >= 0.3 is 0 Å². The molecule has 0 aliphatic carbocycles. The van der Waals surface area contributed by atoms with Crippen LogP contribution in [0, 0.1) is 6.92 Å². The summed E-state index contributed by atoms with van der Waals surface area (Å²) in [6.07, 6.45) is 0. The quantitative estimate of drug-likeness (QED) is 0.434. The van der Waals surface area contributed by atoms with Gasteiger partial charge in [0.2, 0.25) is 9.84 Å². The lowest BCUT2D eigenvalue weighted by Gasteiger charge is -2.09. The molecule has 4 aromatic carbocycles. The maximum atomic E-state index is 12.8. The molecule has 4 nitrogen and oxygen atoms in total. The summed E-state index contributed by atoms with van der Waals surface area (Å²) in [7, 11) is -3.56. The number of ether oxygens (including phenoxy) is 1. The van der Waals surface area contributed by atoms with Crippen molar-refractivity contribution in [2.45, 2.75) is 16.7 Å². The number of phenols is 1. The van der Waals surface area contributed by atoms with Crippen molar-refractivity contribution in [2.75, 3.05) is 0 Å². The molecule has 0 saturated carbocycles. The van der Waals surface area contributed by atoms with Crippen LogP contribution in [0.3, 0.4) is 0 Å². The van der Waals surface area contributed by atoms with Crippen molar-refractivity contribution >= 4 is 9.84 Å². The number of benzene rings is 4. The molecule has 0 unspecified atom stereocenters. The van der Waals surface area contributed by atoms with Crippen LogP contribution < -0.4 is 4.74 Å². The third kappa shape index (κ3) is 4.21. The Labute approximate surface area is 176 Å². The SMILES string of the molecule is Cc1ccc(S(=O)(=O)c2ccc(Oc3ccc(-c4ccc(O)cc4)cc3)cc2)cc1. The van der Waals surface area contributed by atoms with Crippen molar-refractivity contribution < 1.29 is 18.3 Å². The number of aryl methyl sites for hydroxylation is 1. The average Bonchev–Trinajstić information content (AvgIpc) is 2.76. The summed E-state index contributed by atoms with van der Waals surface area (Å²) in [6.45, 7) is 1.92. The minimum absolute atomic E-state index is 0.224. The maximum Gasteiger partial charge on any atom is 0.206 e. The molecule has 150 valence electrons. The molecule has 0 aliphatic rings. The highest BCUT2D eigenvalue weighted by atomic mass is 32.2. The van der Waals surface area contributed by atoms with Crippen LogP contribution in [0.4, 0.5) is 0 Å². The van der Waals surface area contributed by atoms with Gasteiger partial charge in [-0.2, -0.15) is 0 Å². The molecular formula is C25H20O4S. The van der Waals surface area contributed by atoms with E-state index in [1.807, 2.05) is 43.3 Å². The predicted molar refractivity (Wildman–Crippen MR) is 117 cm³/mol. The molecule has 0 amide bonds. The molecule has 30 heavy (non-hydrogen) atoms. The minimum Gasteiger partial charge on any atom is -0.508 e. The van der Waals surface area contributed by atoms with Crippen LogP contribution in [0.2, 0.25) is 0 Å². The van der Waals surface area contributed by atoms with Crippen molar-refractivity contribution in [2.24, 2.45) is 0 Å². The molecule has 0 fully saturated rings. The summed E-state index contributed by atoms with van der Waals surface area (Å²) in [5, 5.41) is 9.40. The third-order valence-electron chi connectivity index (χ3n) is 4.76. The average molecular weight is 416 g/mol. The van der Waals surface area contributed by atoms with Gasteiger partial charge in [0.1, 0.15) is 17.2 Å². The molecule has 0 atom stereocenters. The van der Waals surface area contributed by atoms with Gasteiger partial charge in [0.25, 0.3) is 0 Å². The molecule has 0 radical (unpaired) electrons. The number of rotatable bonds is 5. The Balaban J connectivity index is 1.49. The standard InChI is InChI=1S/C25H20O4S/c1-18-2-14-24(15-3-18)30(27,28)25-16-12-23(13-17-25)29-22-10-6-20(7-11-22)19-4-8-21(26)9-5-19/h2-17,26H,1H3. The maximum absolute atomic E-state index is 12.8. The van der Waals surface area contributed by atoms with E-state index in [1.165, 1.54) is 0 Å². The van der Waals surface area contributed by atoms with Crippen LogP contribution in [-0.2, 0) is 9.84 Å².